The summed E-state index contributed by atoms with van der Waals surface area (Å²) in [4.78, 5) is 27.3. The third-order valence-electron chi connectivity index (χ3n) is 3.98. The van der Waals surface area contributed by atoms with Gasteiger partial charge in [0.25, 0.3) is 0 Å². The normalized spacial score (nSPS) is 10.6. The largest absolute Gasteiger partial charge is 0.496 e. The van der Waals surface area contributed by atoms with Crippen LogP contribution in [0.1, 0.15) is 30.2 Å². The van der Waals surface area contributed by atoms with E-state index < -0.39 is 6.03 Å². The Balaban J connectivity index is 1.99. The van der Waals surface area contributed by atoms with Crippen molar-refractivity contribution in [3.8, 4) is 5.75 Å². The summed E-state index contributed by atoms with van der Waals surface area (Å²) in [6.45, 7) is 3.91. The molecule has 1 heterocycles. The minimum atomic E-state index is -0.443. The monoisotopic (exact) mass is 389 g/mol. The van der Waals surface area contributed by atoms with Crippen molar-refractivity contribution in [2.75, 3.05) is 20.2 Å². The summed E-state index contributed by atoms with van der Waals surface area (Å²) in [7, 11) is 1.63. The van der Waals surface area contributed by atoms with Crippen molar-refractivity contribution in [3.63, 3.8) is 0 Å². The molecule has 2 N–H and O–H groups in total. The molecule has 0 aliphatic heterocycles. The predicted octanol–water partition coefficient (Wildman–Crippen LogP) is 3.38. The van der Waals surface area contributed by atoms with Gasteiger partial charge in [-0.15, -0.1) is 11.3 Å². The van der Waals surface area contributed by atoms with E-state index in [9.17, 15) is 9.59 Å². The van der Waals surface area contributed by atoms with Gasteiger partial charge in [-0.1, -0.05) is 37.6 Å². The number of ether oxygens (including phenoxy) is 1. The Morgan fingerprint density at radius 2 is 1.96 bits per heavy atom. The number of benzene rings is 1. The van der Waals surface area contributed by atoms with E-state index in [2.05, 4.69) is 10.6 Å². The number of methoxy groups -OCH3 is 1. The highest BCUT2D eigenvalue weighted by Crippen LogP contribution is 2.21. The zero-order valence-electron chi connectivity index (χ0n) is 15.9. The average Bonchev–Trinajstić information content (AvgIpc) is 3.15. The molecular formula is C20H27N3O3S. The van der Waals surface area contributed by atoms with Crippen LogP contribution in [0.2, 0.25) is 0 Å². The molecule has 2 aromatic rings. The second-order valence-corrected chi connectivity index (χ2v) is 7.23. The number of carbonyl (C=O) groups excluding carboxylic acids is 2. The third-order valence-corrected chi connectivity index (χ3v) is 4.84. The molecule has 0 radical (unpaired) electrons. The van der Waals surface area contributed by atoms with E-state index in [-0.39, 0.29) is 12.5 Å². The Morgan fingerprint density at radius 1 is 1.15 bits per heavy atom. The average molecular weight is 390 g/mol. The van der Waals surface area contributed by atoms with Crippen molar-refractivity contribution in [3.05, 3.63) is 52.2 Å². The van der Waals surface area contributed by atoms with Gasteiger partial charge >= 0.3 is 6.03 Å². The van der Waals surface area contributed by atoms with Gasteiger partial charge in [0.1, 0.15) is 5.75 Å². The number of thiophene rings is 1. The molecule has 0 aliphatic carbocycles. The Bertz CT molecular complexity index is 719. The second kappa shape index (κ2) is 11.4. The first-order chi connectivity index (χ1) is 13.1. The summed E-state index contributed by atoms with van der Waals surface area (Å²) >= 11 is 1.64. The SMILES string of the molecule is CCCCNC(=O)NC(=O)CN(Cc1cccs1)Cc1ccccc1OC. The van der Waals surface area contributed by atoms with E-state index in [1.54, 1.807) is 18.4 Å². The molecule has 6 nitrogen and oxygen atoms in total. The number of amides is 3. The topological polar surface area (TPSA) is 70.7 Å². The molecule has 0 unspecified atom stereocenters. The minimum absolute atomic E-state index is 0.122. The third kappa shape index (κ3) is 7.40. The highest BCUT2D eigenvalue weighted by atomic mass is 32.1. The molecule has 3 amide bonds. The number of imide groups is 1. The summed E-state index contributed by atoms with van der Waals surface area (Å²) in [5, 5.41) is 7.11. The van der Waals surface area contributed by atoms with Crippen molar-refractivity contribution in [2.45, 2.75) is 32.9 Å². The van der Waals surface area contributed by atoms with Crippen molar-refractivity contribution in [1.29, 1.82) is 0 Å². The molecule has 27 heavy (non-hydrogen) atoms. The number of rotatable bonds is 10. The zero-order chi connectivity index (χ0) is 19.5. The maximum Gasteiger partial charge on any atom is 0.321 e. The van der Waals surface area contributed by atoms with Crippen LogP contribution in [-0.4, -0.2) is 37.0 Å². The maximum atomic E-state index is 12.3. The number of nitrogens with one attached hydrogen (secondary N) is 2. The Hall–Kier alpha value is -2.38. The molecule has 1 aromatic heterocycles. The fourth-order valence-electron chi connectivity index (χ4n) is 2.66. The van der Waals surface area contributed by atoms with Gasteiger partial charge in [-0.25, -0.2) is 4.79 Å². The lowest BCUT2D eigenvalue weighted by molar-refractivity contribution is -0.121. The molecule has 0 saturated heterocycles. The fraction of sp³-hybridized carbons (Fsp3) is 0.400. The second-order valence-electron chi connectivity index (χ2n) is 6.19. The Kier molecular flexibility index (Phi) is 8.80. The van der Waals surface area contributed by atoms with E-state index in [0.717, 1.165) is 29.0 Å². The lowest BCUT2D eigenvalue weighted by Crippen LogP contribution is -2.44. The Morgan fingerprint density at radius 3 is 2.67 bits per heavy atom. The van der Waals surface area contributed by atoms with Crippen molar-refractivity contribution < 1.29 is 14.3 Å². The van der Waals surface area contributed by atoms with Gasteiger partial charge in [0.2, 0.25) is 5.91 Å². The van der Waals surface area contributed by atoms with Crippen LogP contribution in [0.5, 0.6) is 5.75 Å². The summed E-state index contributed by atoms with van der Waals surface area (Å²) in [6, 6.07) is 11.3. The molecule has 0 aliphatic rings. The van der Waals surface area contributed by atoms with E-state index in [4.69, 9.17) is 4.74 Å². The van der Waals surface area contributed by atoms with Crippen LogP contribution in [-0.2, 0) is 17.9 Å². The van der Waals surface area contributed by atoms with Crippen LogP contribution in [0.15, 0.2) is 41.8 Å². The quantitative estimate of drug-likeness (QED) is 0.611. The first-order valence-electron chi connectivity index (χ1n) is 9.06. The van der Waals surface area contributed by atoms with E-state index in [1.165, 1.54) is 0 Å². The molecular weight excluding hydrogens is 362 g/mol. The predicted molar refractivity (Wildman–Crippen MR) is 108 cm³/mol. The van der Waals surface area contributed by atoms with Gasteiger partial charge < -0.3 is 10.1 Å². The molecule has 0 bridgehead atoms. The molecule has 0 atom stereocenters. The number of urea groups is 1. The summed E-state index contributed by atoms with van der Waals surface area (Å²) in [5.74, 6) is 0.460. The minimum Gasteiger partial charge on any atom is -0.496 e. The first kappa shape index (κ1) is 20.9. The van der Waals surface area contributed by atoms with Crippen molar-refractivity contribution in [2.24, 2.45) is 0 Å². The van der Waals surface area contributed by atoms with Crippen LogP contribution in [0, 0.1) is 0 Å². The zero-order valence-corrected chi connectivity index (χ0v) is 16.7. The smallest absolute Gasteiger partial charge is 0.321 e. The van der Waals surface area contributed by atoms with Crippen LogP contribution in [0.4, 0.5) is 4.79 Å². The highest BCUT2D eigenvalue weighted by Gasteiger charge is 2.16. The van der Waals surface area contributed by atoms with Gasteiger partial charge in [0.05, 0.1) is 13.7 Å². The summed E-state index contributed by atoms with van der Waals surface area (Å²) in [5.41, 5.74) is 0.997. The van der Waals surface area contributed by atoms with Crippen LogP contribution in [0.3, 0.4) is 0 Å². The highest BCUT2D eigenvalue weighted by molar-refractivity contribution is 7.09. The molecule has 1 aromatic carbocycles. The fourth-order valence-corrected chi connectivity index (χ4v) is 3.40. The molecule has 146 valence electrons. The van der Waals surface area contributed by atoms with Crippen LogP contribution in [0.25, 0.3) is 0 Å². The number of hydrogen-bond donors (Lipinski definition) is 2. The number of hydrogen-bond acceptors (Lipinski definition) is 5. The summed E-state index contributed by atoms with van der Waals surface area (Å²) < 4.78 is 5.42. The van der Waals surface area contributed by atoms with Gasteiger partial charge in [-0.3, -0.25) is 15.0 Å². The van der Waals surface area contributed by atoms with Crippen molar-refractivity contribution >= 4 is 23.3 Å². The maximum absolute atomic E-state index is 12.3. The standard InChI is InChI=1S/C20H27N3O3S/c1-3-4-11-21-20(25)22-19(24)15-23(14-17-9-7-12-27-17)13-16-8-5-6-10-18(16)26-2/h5-10,12H,3-4,11,13-15H2,1-2H3,(H2,21,22,24,25). The summed E-state index contributed by atoms with van der Waals surface area (Å²) in [6.07, 6.45) is 1.88. The van der Waals surface area contributed by atoms with Crippen LogP contribution >= 0.6 is 11.3 Å². The van der Waals surface area contributed by atoms with Gasteiger partial charge in [-0.05, 0) is 23.9 Å². The number of unbranched alkanes of at least 4 members (excludes halogenated alkanes) is 1. The van der Waals surface area contributed by atoms with Crippen LogP contribution < -0.4 is 15.4 Å². The van der Waals surface area contributed by atoms with E-state index >= 15 is 0 Å². The molecule has 0 saturated carbocycles. The number of para-hydroxylation sites is 1. The van der Waals surface area contributed by atoms with Gasteiger partial charge in [-0.2, -0.15) is 0 Å². The van der Waals surface area contributed by atoms with Gasteiger partial charge in [0, 0.05) is 30.1 Å². The molecule has 7 heteroatoms. The molecule has 2 rings (SSSR count). The molecule has 0 spiro atoms. The van der Waals surface area contributed by atoms with Gasteiger partial charge in [0.15, 0.2) is 0 Å². The lowest BCUT2D eigenvalue weighted by Gasteiger charge is -2.22. The first-order valence-corrected chi connectivity index (χ1v) is 9.94. The number of carbonyl (C=O) groups is 2. The molecule has 0 fully saturated rings. The lowest BCUT2D eigenvalue weighted by atomic mass is 10.2. The van der Waals surface area contributed by atoms with Crippen molar-refractivity contribution in [1.82, 2.24) is 15.5 Å². The number of nitrogens with zero attached hydrogens (tertiary/aromatic N) is 1. The van der Waals surface area contributed by atoms with E-state index in [1.807, 2.05) is 53.6 Å². The van der Waals surface area contributed by atoms with E-state index in [0.29, 0.717) is 19.6 Å². The Labute approximate surface area is 164 Å².